The number of aliphatic hydroxyl groups is 1. The lowest BCUT2D eigenvalue weighted by molar-refractivity contribution is -0.132. The van der Waals surface area contributed by atoms with Crippen molar-refractivity contribution in [2.24, 2.45) is 0 Å². The van der Waals surface area contributed by atoms with E-state index in [4.69, 9.17) is 4.74 Å². The third kappa shape index (κ3) is 4.27. The van der Waals surface area contributed by atoms with Gasteiger partial charge in [0.25, 0.3) is 5.78 Å². The maximum Gasteiger partial charge on any atom is 0.301 e. The molecule has 0 spiro atoms. The van der Waals surface area contributed by atoms with E-state index in [1.807, 2.05) is 63.2 Å². The van der Waals surface area contributed by atoms with Crippen LogP contribution in [-0.4, -0.2) is 28.4 Å². The summed E-state index contributed by atoms with van der Waals surface area (Å²) in [5.74, 6) is -0.991. The SMILES string of the molecule is CCCOc1ccc(C(O)=C2C(=O)C(=O)N(c3nc4ccc(C)cc4s3)C2c2ccc(C)cc2)cc1. The Labute approximate surface area is 213 Å². The first-order valence-electron chi connectivity index (χ1n) is 11.9. The number of ether oxygens (including phenoxy) is 1. The Morgan fingerprint density at radius 1 is 1.00 bits per heavy atom. The van der Waals surface area contributed by atoms with E-state index >= 15 is 0 Å². The summed E-state index contributed by atoms with van der Waals surface area (Å²) in [6.07, 6.45) is 0.882. The van der Waals surface area contributed by atoms with E-state index in [0.29, 0.717) is 23.1 Å². The standard InChI is InChI=1S/C29H26N2O4S/c1-4-15-35-21-12-10-20(11-13-21)26(32)24-25(19-8-5-17(2)6-9-19)31(28(34)27(24)33)29-30-22-14-7-18(3)16-23(22)36-29/h5-14,16,25,32H,4,15H2,1-3H3. The van der Waals surface area contributed by atoms with Crippen LogP contribution in [0, 0.1) is 13.8 Å². The number of ketones is 1. The van der Waals surface area contributed by atoms with Crippen molar-refractivity contribution in [1.82, 2.24) is 4.98 Å². The number of aryl methyl sites for hydroxylation is 2. The summed E-state index contributed by atoms with van der Waals surface area (Å²) in [7, 11) is 0. The van der Waals surface area contributed by atoms with Crippen LogP contribution in [0.2, 0.25) is 0 Å². The molecule has 1 unspecified atom stereocenters. The Kier molecular flexibility index (Phi) is 6.33. The van der Waals surface area contributed by atoms with E-state index in [2.05, 4.69) is 4.98 Å². The van der Waals surface area contributed by atoms with Crippen molar-refractivity contribution in [3.8, 4) is 5.75 Å². The summed E-state index contributed by atoms with van der Waals surface area (Å²) in [4.78, 5) is 32.9. The van der Waals surface area contributed by atoms with Gasteiger partial charge in [0.2, 0.25) is 0 Å². The third-order valence-corrected chi connectivity index (χ3v) is 7.19. The van der Waals surface area contributed by atoms with Gasteiger partial charge in [0.05, 0.1) is 28.4 Å². The zero-order valence-electron chi connectivity index (χ0n) is 20.3. The van der Waals surface area contributed by atoms with Gasteiger partial charge in [-0.1, -0.05) is 54.2 Å². The maximum atomic E-state index is 13.4. The number of hydrogen-bond acceptors (Lipinski definition) is 6. The lowest BCUT2D eigenvalue weighted by Gasteiger charge is -2.23. The van der Waals surface area contributed by atoms with Crippen LogP contribution in [0.3, 0.4) is 0 Å². The average Bonchev–Trinajstić information content (AvgIpc) is 3.40. The lowest BCUT2D eigenvalue weighted by atomic mass is 9.95. The highest BCUT2D eigenvalue weighted by molar-refractivity contribution is 7.22. The van der Waals surface area contributed by atoms with Gasteiger partial charge in [-0.15, -0.1) is 0 Å². The molecule has 1 N–H and O–H groups in total. The molecule has 0 bridgehead atoms. The minimum atomic E-state index is -0.803. The summed E-state index contributed by atoms with van der Waals surface area (Å²) < 4.78 is 6.56. The Balaban J connectivity index is 1.65. The van der Waals surface area contributed by atoms with Crippen molar-refractivity contribution >= 4 is 44.1 Å². The largest absolute Gasteiger partial charge is 0.507 e. The van der Waals surface area contributed by atoms with Crippen LogP contribution < -0.4 is 9.64 Å². The van der Waals surface area contributed by atoms with E-state index < -0.39 is 17.7 Å². The zero-order valence-corrected chi connectivity index (χ0v) is 21.1. The van der Waals surface area contributed by atoms with Gasteiger partial charge in [-0.3, -0.25) is 14.5 Å². The van der Waals surface area contributed by atoms with Crippen molar-refractivity contribution in [2.45, 2.75) is 33.2 Å². The van der Waals surface area contributed by atoms with E-state index in [9.17, 15) is 14.7 Å². The summed E-state index contributed by atoms with van der Waals surface area (Å²) in [5.41, 5.74) is 4.10. The first-order valence-corrected chi connectivity index (χ1v) is 12.7. The second kappa shape index (κ2) is 9.59. The number of hydrogen-bond donors (Lipinski definition) is 1. The van der Waals surface area contributed by atoms with Gasteiger partial charge in [0.15, 0.2) is 5.13 Å². The van der Waals surface area contributed by atoms with Gasteiger partial charge in [-0.05, 0) is 67.8 Å². The van der Waals surface area contributed by atoms with Crippen molar-refractivity contribution < 1.29 is 19.4 Å². The fraction of sp³-hybridized carbons (Fsp3) is 0.207. The van der Waals surface area contributed by atoms with Gasteiger partial charge in [-0.25, -0.2) is 4.98 Å². The Morgan fingerprint density at radius 3 is 2.39 bits per heavy atom. The van der Waals surface area contributed by atoms with Crippen LogP contribution in [-0.2, 0) is 9.59 Å². The first kappa shape index (κ1) is 23.8. The Hall–Kier alpha value is -3.97. The van der Waals surface area contributed by atoms with Gasteiger partial charge in [0.1, 0.15) is 11.5 Å². The highest BCUT2D eigenvalue weighted by Gasteiger charge is 2.48. The first-order chi connectivity index (χ1) is 17.4. The molecule has 3 aromatic carbocycles. The van der Waals surface area contributed by atoms with Crippen LogP contribution in [0.5, 0.6) is 5.75 Å². The molecule has 1 aromatic heterocycles. The van der Waals surface area contributed by atoms with Crippen molar-refractivity contribution in [3.63, 3.8) is 0 Å². The highest BCUT2D eigenvalue weighted by Crippen LogP contribution is 2.44. The molecule has 4 aromatic rings. The van der Waals surface area contributed by atoms with Gasteiger partial charge >= 0.3 is 5.91 Å². The maximum absolute atomic E-state index is 13.4. The number of benzene rings is 3. The molecular weight excluding hydrogens is 472 g/mol. The van der Waals surface area contributed by atoms with Crippen LogP contribution in [0.15, 0.2) is 72.3 Å². The number of Topliss-reactive ketones (excluding diaryl/α,β-unsaturated/α-hetero) is 1. The van der Waals surface area contributed by atoms with E-state index in [-0.39, 0.29) is 11.3 Å². The molecule has 0 aliphatic carbocycles. The molecule has 5 rings (SSSR count). The number of aliphatic hydroxyl groups excluding tert-OH is 1. The summed E-state index contributed by atoms with van der Waals surface area (Å²) in [6, 6.07) is 19.6. The van der Waals surface area contributed by atoms with E-state index in [0.717, 1.165) is 33.3 Å². The molecule has 1 aliphatic rings. The zero-order chi connectivity index (χ0) is 25.4. The third-order valence-electron chi connectivity index (χ3n) is 6.18. The van der Waals surface area contributed by atoms with Crippen molar-refractivity contribution in [2.75, 3.05) is 11.5 Å². The summed E-state index contributed by atoms with van der Waals surface area (Å²) in [6.45, 7) is 6.58. The number of carbonyl (C=O) groups excluding carboxylic acids is 2. The van der Waals surface area contributed by atoms with E-state index in [1.165, 1.54) is 16.2 Å². The number of amides is 1. The molecule has 1 fully saturated rings. The number of rotatable bonds is 6. The fourth-order valence-electron chi connectivity index (χ4n) is 4.30. The lowest BCUT2D eigenvalue weighted by Crippen LogP contribution is -2.29. The quantitative estimate of drug-likeness (QED) is 0.191. The van der Waals surface area contributed by atoms with Crippen LogP contribution >= 0.6 is 11.3 Å². The molecule has 36 heavy (non-hydrogen) atoms. The molecule has 7 heteroatoms. The normalized spacial score (nSPS) is 17.2. The number of carbonyl (C=O) groups is 2. The predicted molar refractivity (Wildman–Crippen MR) is 143 cm³/mol. The van der Waals surface area contributed by atoms with Crippen LogP contribution in [0.4, 0.5) is 5.13 Å². The van der Waals surface area contributed by atoms with E-state index in [1.54, 1.807) is 24.3 Å². The van der Waals surface area contributed by atoms with Gasteiger partial charge < -0.3 is 9.84 Å². The number of fused-ring (bicyclic) bond motifs is 1. The van der Waals surface area contributed by atoms with Gasteiger partial charge in [0, 0.05) is 5.56 Å². The molecule has 1 aliphatic heterocycles. The Morgan fingerprint density at radius 2 is 1.69 bits per heavy atom. The van der Waals surface area contributed by atoms with Crippen LogP contribution in [0.25, 0.3) is 16.0 Å². The van der Waals surface area contributed by atoms with Crippen molar-refractivity contribution in [3.05, 3.63) is 94.6 Å². The smallest absolute Gasteiger partial charge is 0.301 e. The summed E-state index contributed by atoms with van der Waals surface area (Å²) >= 11 is 1.36. The van der Waals surface area contributed by atoms with Crippen LogP contribution in [0.1, 0.15) is 41.6 Å². The second-order valence-corrected chi connectivity index (χ2v) is 9.93. The summed E-state index contributed by atoms with van der Waals surface area (Å²) in [5, 5.41) is 11.7. The minimum absolute atomic E-state index is 0.0431. The minimum Gasteiger partial charge on any atom is -0.507 e. The fourth-order valence-corrected chi connectivity index (χ4v) is 5.39. The molecule has 0 radical (unpaired) electrons. The molecule has 1 amide bonds. The average molecular weight is 499 g/mol. The number of nitrogens with zero attached hydrogens (tertiary/aromatic N) is 2. The molecule has 1 atom stereocenters. The molecule has 6 nitrogen and oxygen atoms in total. The number of thiazole rings is 1. The second-order valence-electron chi connectivity index (χ2n) is 8.92. The highest BCUT2D eigenvalue weighted by atomic mass is 32.1. The van der Waals surface area contributed by atoms with Crippen molar-refractivity contribution in [1.29, 1.82) is 0 Å². The predicted octanol–water partition coefficient (Wildman–Crippen LogP) is 6.33. The molecule has 182 valence electrons. The van der Waals surface area contributed by atoms with Gasteiger partial charge in [-0.2, -0.15) is 0 Å². The topological polar surface area (TPSA) is 79.7 Å². The molecule has 0 saturated carbocycles. The molecular formula is C29H26N2O4S. The number of aromatic nitrogens is 1. The monoisotopic (exact) mass is 498 g/mol. The number of anilines is 1. The molecule has 1 saturated heterocycles. The molecule has 2 heterocycles. The Bertz CT molecular complexity index is 1490.